The average molecular weight is 337 g/mol. The molecule has 0 aromatic heterocycles. The summed E-state index contributed by atoms with van der Waals surface area (Å²) in [6.07, 6.45) is 2.01. The second-order valence-corrected chi connectivity index (χ2v) is 7.09. The Balaban J connectivity index is 1.71. The van der Waals surface area contributed by atoms with Gasteiger partial charge in [-0.05, 0) is 31.4 Å². The Bertz CT molecular complexity index is 503. The summed E-state index contributed by atoms with van der Waals surface area (Å²) in [5.74, 6) is 0.444. The molecule has 1 atom stereocenters. The number of amides is 2. The minimum atomic E-state index is -0.128. The molecule has 0 radical (unpaired) electrons. The highest BCUT2D eigenvalue weighted by molar-refractivity contribution is 7.98. The summed E-state index contributed by atoms with van der Waals surface area (Å²) in [5.41, 5.74) is 0.865. The van der Waals surface area contributed by atoms with Crippen molar-refractivity contribution >= 4 is 23.5 Å². The smallest absolute Gasteiger partial charge is 0.319 e. The van der Waals surface area contributed by atoms with Crippen LogP contribution in [0.1, 0.15) is 6.92 Å². The van der Waals surface area contributed by atoms with E-state index in [0.717, 1.165) is 43.3 Å². The molecular formula is C17H28N4OS. The van der Waals surface area contributed by atoms with Crippen LogP contribution in [0.25, 0.3) is 0 Å². The molecule has 6 heteroatoms. The van der Waals surface area contributed by atoms with Gasteiger partial charge < -0.3 is 20.4 Å². The lowest BCUT2D eigenvalue weighted by atomic mass is 10.1. The van der Waals surface area contributed by atoms with E-state index in [-0.39, 0.29) is 6.03 Å². The zero-order valence-electron chi connectivity index (χ0n) is 14.3. The minimum absolute atomic E-state index is 0.128. The summed E-state index contributed by atoms with van der Waals surface area (Å²) >= 11 is 1.63. The van der Waals surface area contributed by atoms with Gasteiger partial charge in [-0.3, -0.25) is 0 Å². The Kier molecular flexibility index (Phi) is 7.20. The van der Waals surface area contributed by atoms with Crippen LogP contribution in [-0.4, -0.2) is 68.4 Å². The molecule has 0 spiro atoms. The Morgan fingerprint density at radius 1 is 1.26 bits per heavy atom. The van der Waals surface area contributed by atoms with Gasteiger partial charge in [0.2, 0.25) is 0 Å². The van der Waals surface area contributed by atoms with Crippen molar-refractivity contribution in [3.63, 3.8) is 0 Å². The summed E-state index contributed by atoms with van der Waals surface area (Å²) in [7, 11) is 2.17. The third-order valence-electron chi connectivity index (χ3n) is 4.13. The van der Waals surface area contributed by atoms with Crippen molar-refractivity contribution in [3.8, 4) is 0 Å². The lowest BCUT2D eigenvalue weighted by Crippen LogP contribution is -2.47. The largest absolute Gasteiger partial charge is 0.338 e. The van der Waals surface area contributed by atoms with Crippen LogP contribution < -0.4 is 10.6 Å². The highest BCUT2D eigenvalue weighted by Crippen LogP contribution is 2.24. The zero-order valence-corrected chi connectivity index (χ0v) is 15.2. The number of thioether (sulfide) groups is 1. The standard InChI is InChI=1S/C17H28N4OS/c1-14(13-21-10-8-20(2)9-11-21)12-18-17(22)19-15-6-4-5-7-16(15)23-3/h4-7,14H,8-13H2,1-3H3,(H2,18,19,22)/t14-/m0/s1. The van der Waals surface area contributed by atoms with Crippen molar-refractivity contribution in [2.45, 2.75) is 11.8 Å². The number of carbonyl (C=O) groups excluding carboxylic acids is 1. The third kappa shape index (κ3) is 6.05. The number of hydrogen-bond acceptors (Lipinski definition) is 4. The molecule has 0 saturated carbocycles. The first-order valence-electron chi connectivity index (χ1n) is 8.17. The topological polar surface area (TPSA) is 47.6 Å². The molecule has 5 nitrogen and oxygen atoms in total. The lowest BCUT2D eigenvalue weighted by molar-refractivity contribution is 0.138. The second-order valence-electron chi connectivity index (χ2n) is 6.24. The highest BCUT2D eigenvalue weighted by atomic mass is 32.2. The summed E-state index contributed by atoms with van der Waals surface area (Å²) in [6.45, 7) is 8.42. The maximum atomic E-state index is 12.1. The number of rotatable bonds is 6. The van der Waals surface area contributed by atoms with E-state index in [1.165, 1.54) is 0 Å². The Hall–Kier alpha value is -1.24. The van der Waals surface area contributed by atoms with Crippen LogP contribution in [0.15, 0.2) is 29.2 Å². The van der Waals surface area contributed by atoms with E-state index in [1.54, 1.807) is 11.8 Å². The molecule has 2 amide bonds. The van der Waals surface area contributed by atoms with Crippen molar-refractivity contribution in [2.24, 2.45) is 5.92 Å². The van der Waals surface area contributed by atoms with Gasteiger partial charge in [0.25, 0.3) is 0 Å². The molecule has 2 rings (SSSR count). The first-order chi connectivity index (χ1) is 11.1. The average Bonchev–Trinajstić information content (AvgIpc) is 2.55. The molecule has 1 fully saturated rings. The number of hydrogen-bond donors (Lipinski definition) is 2. The monoisotopic (exact) mass is 336 g/mol. The molecule has 2 N–H and O–H groups in total. The van der Waals surface area contributed by atoms with Crippen LogP contribution in [0, 0.1) is 5.92 Å². The highest BCUT2D eigenvalue weighted by Gasteiger charge is 2.16. The van der Waals surface area contributed by atoms with Gasteiger partial charge >= 0.3 is 6.03 Å². The molecule has 128 valence electrons. The number of benzene rings is 1. The van der Waals surface area contributed by atoms with Crippen LogP contribution in [0.5, 0.6) is 0 Å². The van der Waals surface area contributed by atoms with E-state index in [0.29, 0.717) is 12.5 Å². The zero-order chi connectivity index (χ0) is 16.7. The molecule has 1 saturated heterocycles. The Labute approximate surface area is 143 Å². The van der Waals surface area contributed by atoms with Crippen molar-refractivity contribution in [3.05, 3.63) is 24.3 Å². The van der Waals surface area contributed by atoms with Gasteiger partial charge in [0.05, 0.1) is 5.69 Å². The van der Waals surface area contributed by atoms with Crippen LogP contribution in [-0.2, 0) is 0 Å². The normalized spacial score (nSPS) is 17.7. The number of nitrogens with one attached hydrogen (secondary N) is 2. The SMILES string of the molecule is CSc1ccccc1NC(=O)NC[C@H](C)CN1CCN(C)CC1. The van der Waals surface area contributed by atoms with E-state index in [4.69, 9.17) is 0 Å². The van der Waals surface area contributed by atoms with Gasteiger partial charge in [-0.25, -0.2) is 4.79 Å². The molecule has 1 aliphatic rings. The summed E-state index contributed by atoms with van der Waals surface area (Å²) in [5, 5.41) is 5.92. The van der Waals surface area contributed by atoms with Crippen LogP contribution >= 0.6 is 11.8 Å². The molecule has 1 aliphatic heterocycles. The van der Waals surface area contributed by atoms with Crippen LogP contribution in [0.3, 0.4) is 0 Å². The minimum Gasteiger partial charge on any atom is -0.338 e. The van der Waals surface area contributed by atoms with Gasteiger partial charge in [-0.15, -0.1) is 11.8 Å². The molecular weight excluding hydrogens is 308 g/mol. The molecule has 0 aliphatic carbocycles. The molecule has 1 aromatic rings. The van der Waals surface area contributed by atoms with Crippen LogP contribution in [0.4, 0.5) is 10.5 Å². The second kappa shape index (κ2) is 9.15. The number of anilines is 1. The number of piperazine rings is 1. The number of para-hydroxylation sites is 1. The fourth-order valence-corrected chi connectivity index (χ4v) is 3.27. The Morgan fingerprint density at radius 2 is 1.96 bits per heavy atom. The predicted octanol–water partition coefficient (Wildman–Crippen LogP) is 2.41. The van der Waals surface area contributed by atoms with Gasteiger partial charge in [0.15, 0.2) is 0 Å². The Morgan fingerprint density at radius 3 is 2.65 bits per heavy atom. The van der Waals surface area contributed by atoms with Crippen molar-refractivity contribution < 1.29 is 4.79 Å². The van der Waals surface area contributed by atoms with E-state index in [9.17, 15) is 4.79 Å². The number of nitrogens with zero attached hydrogens (tertiary/aromatic N) is 2. The number of likely N-dealkylation sites (N-methyl/N-ethyl adjacent to an activating group) is 1. The summed E-state index contributed by atoms with van der Waals surface area (Å²) in [6, 6.07) is 7.73. The van der Waals surface area contributed by atoms with Gasteiger partial charge in [0, 0.05) is 44.2 Å². The fraction of sp³-hybridized carbons (Fsp3) is 0.588. The molecule has 0 bridgehead atoms. The van der Waals surface area contributed by atoms with E-state index in [2.05, 4.69) is 34.4 Å². The van der Waals surface area contributed by atoms with Crippen molar-refractivity contribution in [1.29, 1.82) is 0 Å². The maximum Gasteiger partial charge on any atom is 0.319 e. The fourth-order valence-electron chi connectivity index (χ4n) is 2.72. The quantitative estimate of drug-likeness (QED) is 0.783. The number of carbonyl (C=O) groups is 1. The van der Waals surface area contributed by atoms with E-state index in [1.807, 2.05) is 30.5 Å². The lowest BCUT2D eigenvalue weighted by Gasteiger charge is -2.33. The van der Waals surface area contributed by atoms with Crippen molar-refractivity contribution in [2.75, 3.05) is 57.9 Å². The number of urea groups is 1. The maximum absolute atomic E-state index is 12.1. The molecule has 23 heavy (non-hydrogen) atoms. The van der Waals surface area contributed by atoms with Crippen LogP contribution in [0.2, 0.25) is 0 Å². The first kappa shape index (κ1) is 18.1. The molecule has 1 aromatic carbocycles. The van der Waals surface area contributed by atoms with Crippen molar-refractivity contribution in [1.82, 2.24) is 15.1 Å². The third-order valence-corrected chi connectivity index (χ3v) is 4.93. The summed E-state index contributed by atoms with van der Waals surface area (Å²) in [4.78, 5) is 18.0. The summed E-state index contributed by atoms with van der Waals surface area (Å²) < 4.78 is 0. The van der Waals surface area contributed by atoms with Gasteiger partial charge in [-0.2, -0.15) is 0 Å². The van der Waals surface area contributed by atoms with Gasteiger partial charge in [0.1, 0.15) is 0 Å². The van der Waals surface area contributed by atoms with E-state index >= 15 is 0 Å². The molecule has 1 heterocycles. The molecule has 0 unspecified atom stereocenters. The first-order valence-corrected chi connectivity index (χ1v) is 9.39. The van der Waals surface area contributed by atoms with E-state index < -0.39 is 0 Å². The van der Waals surface area contributed by atoms with Gasteiger partial charge in [-0.1, -0.05) is 19.1 Å². The predicted molar refractivity (Wildman–Crippen MR) is 98.3 cm³/mol.